The van der Waals surface area contributed by atoms with Crippen LogP contribution in [0.15, 0.2) is 18.2 Å². The van der Waals surface area contributed by atoms with E-state index in [0.29, 0.717) is 13.2 Å². The summed E-state index contributed by atoms with van der Waals surface area (Å²) in [7, 11) is 0. The van der Waals surface area contributed by atoms with Crippen LogP contribution in [0.3, 0.4) is 0 Å². The zero-order valence-electron chi connectivity index (χ0n) is 12.4. The molecule has 2 N–H and O–H groups in total. The molecule has 0 saturated carbocycles. The Hall–Kier alpha value is -1.55. The van der Waals surface area contributed by atoms with Gasteiger partial charge in [0.25, 0.3) is 0 Å². The fraction of sp³-hybridized carbons (Fsp3) is 0.562. The van der Waals surface area contributed by atoms with Gasteiger partial charge in [-0.1, -0.05) is 12.1 Å². The van der Waals surface area contributed by atoms with Crippen molar-refractivity contribution in [3.05, 3.63) is 29.3 Å². The molecule has 1 heterocycles. The second-order valence-corrected chi connectivity index (χ2v) is 5.31. The maximum Gasteiger partial charge on any atom is 0.224 e. The van der Waals surface area contributed by atoms with Gasteiger partial charge in [0.15, 0.2) is 0 Å². The number of hydrogen-bond donors (Lipinski definition) is 2. The third-order valence-corrected chi connectivity index (χ3v) is 3.64. The molecule has 0 bridgehead atoms. The lowest BCUT2D eigenvalue weighted by Gasteiger charge is -2.22. The summed E-state index contributed by atoms with van der Waals surface area (Å²) in [6.07, 6.45) is 2.05. The van der Waals surface area contributed by atoms with E-state index in [1.54, 1.807) is 0 Å². The van der Waals surface area contributed by atoms with E-state index < -0.39 is 0 Å². The summed E-state index contributed by atoms with van der Waals surface area (Å²) in [4.78, 5) is 12.1. The molecule has 1 aromatic carbocycles. The van der Waals surface area contributed by atoms with Crippen LogP contribution in [0.2, 0.25) is 0 Å². The number of amides is 1. The first kappa shape index (κ1) is 14.9. The van der Waals surface area contributed by atoms with Crippen molar-refractivity contribution in [3.8, 4) is 5.75 Å². The number of rotatable bonds is 5. The topological polar surface area (TPSA) is 50.4 Å². The van der Waals surface area contributed by atoms with Crippen molar-refractivity contribution in [1.29, 1.82) is 0 Å². The second kappa shape index (κ2) is 7.29. The van der Waals surface area contributed by atoms with E-state index in [4.69, 9.17) is 4.74 Å². The summed E-state index contributed by atoms with van der Waals surface area (Å²) in [5.41, 5.74) is 2.20. The number of benzene rings is 1. The predicted molar refractivity (Wildman–Crippen MR) is 79.8 cm³/mol. The van der Waals surface area contributed by atoms with Crippen LogP contribution in [0.4, 0.5) is 0 Å². The van der Waals surface area contributed by atoms with Crippen LogP contribution in [0.1, 0.15) is 30.9 Å². The maximum absolute atomic E-state index is 12.1. The number of carbonyl (C=O) groups is 1. The molecule has 0 aliphatic carbocycles. The molecule has 4 heteroatoms. The smallest absolute Gasteiger partial charge is 0.224 e. The van der Waals surface area contributed by atoms with Crippen molar-refractivity contribution < 1.29 is 9.53 Å². The Morgan fingerprint density at radius 2 is 2.35 bits per heavy atom. The van der Waals surface area contributed by atoms with Gasteiger partial charge in [0.2, 0.25) is 5.91 Å². The highest BCUT2D eigenvalue weighted by molar-refractivity contribution is 5.79. The molecule has 1 aliphatic rings. The third-order valence-electron chi connectivity index (χ3n) is 3.64. The van der Waals surface area contributed by atoms with Gasteiger partial charge in [-0.3, -0.25) is 4.79 Å². The number of carbonyl (C=O) groups excluding carboxylic acids is 1. The number of ether oxygens (including phenoxy) is 1. The van der Waals surface area contributed by atoms with E-state index in [-0.39, 0.29) is 11.8 Å². The molecule has 1 aromatic rings. The Bertz CT molecular complexity index is 454. The number of nitrogens with one attached hydrogen (secondary N) is 2. The predicted octanol–water partition coefficient (Wildman–Crippen LogP) is 2.01. The molecule has 0 radical (unpaired) electrons. The van der Waals surface area contributed by atoms with Gasteiger partial charge in [0, 0.05) is 18.7 Å². The lowest BCUT2D eigenvalue weighted by molar-refractivity contribution is -0.125. The van der Waals surface area contributed by atoms with Crippen LogP contribution < -0.4 is 15.4 Å². The van der Waals surface area contributed by atoms with Gasteiger partial charge in [-0.05, 0) is 44.9 Å². The first-order valence-electron chi connectivity index (χ1n) is 7.41. The minimum atomic E-state index is 0.102. The molecule has 1 atom stereocenters. The summed E-state index contributed by atoms with van der Waals surface area (Å²) in [5.74, 6) is 1.11. The second-order valence-electron chi connectivity index (χ2n) is 5.31. The van der Waals surface area contributed by atoms with Crippen molar-refractivity contribution in [1.82, 2.24) is 10.6 Å². The van der Waals surface area contributed by atoms with E-state index in [0.717, 1.165) is 37.2 Å². The van der Waals surface area contributed by atoms with Gasteiger partial charge in [0.1, 0.15) is 5.75 Å². The maximum atomic E-state index is 12.1. The SMILES string of the molecule is CCOc1cc(C)ccc1CNC(=O)C1CCCNC1. The van der Waals surface area contributed by atoms with Crippen LogP contribution >= 0.6 is 0 Å². The Morgan fingerprint density at radius 3 is 3.05 bits per heavy atom. The van der Waals surface area contributed by atoms with Crippen molar-refractivity contribution >= 4 is 5.91 Å². The van der Waals surface area contributed by atoms with Gasteiger partial charge in [-0.25, -0.2) is 0 Å². The Morgan fingerprint density at radius 1 is 1.50 bits per heavy atom. The molecule has 20 heavy (non-hydrogen) atoms. The Balaban J connectivity index is 1.94. The summed E-state index contributed by atoms with van der Waals surface area (Å²) in [5, 5.41) is 6.30. The molecular weight excluding hydrogens is 252 g/mol. The Labute approximate surface area is 120 Å². The normalized spacial score (nSPS) is 18.6. The molecule has 4 nitrogen and oxygen atoms in total. The standard InChI is InChI=1S/C16H24N2O2/c1-3-20-15-9-12(2)6-7-13(15)11-18-16(19)14-5-4-8-17-10-14/h6-7,9,14,17H,3-5,8,10-11H2,1-2H3,(H,18,19). The van der Waals surface area contributed by atoms with Crippen molar-refractivity contribution in [3.63, 3.8) is 0 Å². The molecule has 110 valence electrons. The molecule has 1 aliphatic heterocycles. The Kier molecular flexibility index (Phi) is 5.41. The van der Waals surface area contributed by atoms with E-state index in [1.165, 1.54) is 5.56 Å². The highest BCUT2D eigenvalue weighted by atomic mass is 16.5. The summed E-state index contributed by atoms with van der Waals surface area (Å²) >= 11 is 0. The summed E-state index contributed by atoms with van der Waals surface area (Å²) < 4.78 is 5.63. The monoisotopic (exact) mass is 276 g/mol. The van der Waals surface area contributed by atoms with Gasteiger partial charge in [0.05, 0.1) is 12.5 Å². The molecular formula is C16H24N2O2. The van der Waals surface area contributed by atoms with E-state index in [1.807, 2.05) is 32.0 Å². The van der Waals surface area contributed by atoms with Gasteiger partial charge in [-0.15, -0.1) is 0 Å². The number of hydrogen-bond acceptors (Lipinski definition) is 3. The summed E-state index contributed by atoms with van der Waals surface area (Å²) in [6, 6.07) is 6.10. The van der Waals surface area contributed by atoms with Crippen LogP contribution in [0.25, 0.3) is 0 Å². The highest BCUT2D eigenvalue weighted by Crippen LogP contribution is 2.20. The molecule has 1 saturated heterocycles. The van der Waals surface area contributed by atoms with Crippen LogP contribution in [-0.4, -0.2) is 25.6 Å². The van der Waals surface area contributed by atoms with Crippen LogP contribution in [-0.2, 0) is 11.3 Å². The molecule has 1 unspecified atom stereocenters. The minimum absolute atomic E-state index is 0.102. The van der Waals surface area contributed by atoms with Gasteiger partial charge in [-0.2, -0.15) is 0 Å². The van der Waals surface area contributed by atoms with Crippen LogP contribution in [0, 0.1) is 12.8 Å². The molecule has 0 aromatic heterocycles. The van der Waals surface area contributed by atoms with E-state index >= 15 is 0 Å². The zero-order chi connectivity index (χ0) is 14.4. The quantitative estimate of drug-likeness (QED) is 0.865. The number of aryl methyl sites for hydroxylation is 1. The average Bonchev–Trinajstić information content (AvgIpc) is 2.47. The first-order valence-corrected chi connectivity index (χ1v) is 7.41. The van der Waals surface area contributed by atoms with Crippen molar-refractivity contribution in [2.45, 2.75) is 33.2 Å². The van der Waals surface area contributed by atoms with Crippen molar-refractivity contribution in [2.75, 3.05) is 19.7 Å². The average molecular weight is 276 g/mol. The summed E-state index contributed by atoms with van der Waals surface area (Å²) in [6.45, 7) is 6.99. The van der Waals surface area contributed by atoms with E-state index in [9.17, 15) is 4.79 Å². The molecule has 2 rings (SSSR count). The zero-order valence-corrected chi connectivity index (χ0v) is 12.4. The lowest BCUT2D eigenvalue weighted by Crippen LogP contribution is -2.40. The van der Waals surface area contributed by atoms with Crippen LogP contribution in [0.5, 0.6) is 5.75 Å². The molecule has 0 spiro atoms. The molecule has 1 fully saturated rings. The van der Waals surface area contributed by atoms with Crippen molar-refractivity contribution in [2.24, 2.45) is 5.92 Å². The highest BCUT2D eigenvalue weighted by Gasteiger charge is 2.20. The minimum Gasteiger partial charge on any atom is -0.494 e. The van der Waals surface area contributed by atoms with Gasteiger partial charge >= 0.3 is 0 Å². The number of piperidine rings is 1. The largest absolute Gasteiger partial charge is 0.494 e. The third kappa shape index (κ3) is 3.97. The fourth-order valence-electron chi connectivity index (χ4n) is 2.50. The van der Waals surface area contributed by atoms with E-state index in [2.05, 4.69) is 10.6 Å². The lowest BCUT2D eigenvalue weighted by atomic mass is 9.99. The van der Waals surface area contributed by atoms with Gasteiger partial charge < -0.3 is 15.4 Å². The molecule has 1 amide bonds. The fourth-order valence-corrected chi connectivity index (χ4v) is 2.50. The first-order chi connectivity index (χ1) is 9.70.